The molecule has 0 radical (unpaired) electrons. The molecule has 1 aromatic carbocycles. The van der Waals surface area contributed by atoms with E-state index in [-0.39, 0.29) is 28.8 Å². The Balaban J connectivity index is 1.35. The predicted molar refractivity (Wildman–Crippen MR) is 167 cm³/mol. The van der Waals surface area contributed by atoms with Crippen LogP contribution in [0.15, 0.2) is 46.4 Å². The number of hydrogen-bond acceptors (Lipinski definition) is 7. The van der Waals surface area contributed by atoms with Gasteiger partial charge in [-0.15, -0.1) is 0 Å². The molecule has 5 rings (SSSR count). The Morgan fingerprint density at radius 3 is 2.42 bits per heavy atom. The Hall–Kier alpha value is -3.31. The molecule has 43 heavy (non-hydrogen) atoms. The molecule has 2 aliphatic heterocycles. The molecule has 2 fully saturated rings. The number of sulfone groups is 1. The third kappa shape index (κ3) is 7.80. The van der Waals surface area contributed by atoms with Crippen LogP contribution in [0.3, 0.4) is 0 Å². The highest BCUT2D eigenvalue weighted by Gasteiger charge is 2.37. The number of piperidine rings is 1. The minimum atomic E-state index is -3.37. The molecular weight excluding hydrogens is 566 g/mol. The van der Waals surface area contributed by atoms with Crippen molar-refractivity contribution in [3.05, 3.63) is 47.7 Å². The summed E-state index contributed by atoms with van der Waals surface area (Å²) in [7, 11) is -3.37. The smallest absolute Gasteiger partial charge is 0.278 e. The second kappa shape index (κ2) is 13.5. The van der Waals surface area contributed by atoms with Crippen LogP contribution in [0, 0.1) is 5.92 Å². The SMILES string of the molecule is CC(C)NC(=O)C1CCC(N2C(=NC(=O)c3ccc(S(C)(=O)=O)cc3)Cc3cnc(OCCN4CCCCC4)cc32)CC1. The molecule has 1 saturated heterocycles. The van der Waals surface area contributed by atoms with Crippen LogP contribution in [0.1, 0.15) is 74.7 Å². The van der Waals surface area contributed by atoms with Gasteiger partial charge in [-0.05, 0) is 89.7 Å². The largest absolute Gasteiger partial charge is 0.476 e. The van der Waals surface area contributed by atoms with Crippen LogP contribution in [-0.2, 0) is 21.1 Å². The van der Waals surface area contributed by atoms with Crippen LogP contribution < -0.4 is 15.0 Å². The van der Waals surface area contributed by atoms with Gasteiger partial charge in [-0.2, -0.15) is 4.99 Å². The van der Waals surface area contributed by atoms with Crippen molar-refractivity contribution in [3.63, 3.8) is 0 Å². The van der Waals surface area contributed by atoms with Crippen LogP contribution in [0.5, 0.6) is 5.88 Å². The molecule has 232 valence electrons. The van der Waals surface area contributed by atoms with Crippen molar-refractivity contribution in [2.45, 2.75) is 82.2 Å². The van der Waals surface area contributed by atoms with Crippen molar-refractivity contribution < 1.29 is 22.7 Å². The first-order chi connectivity index (χ1) is 20.6. The number of amides is 2. The molecule has 1 saturated carbocycles. The molecule has 0 spiro atoms. The summed E-state index contributed by atoms with van der Waals surface area (Å²) in [5.74, 6) is 0.834. The van der Waals surface area contributed by atoms with Gasteiger partial charge in [-0.25, -0.2) is 13.4 Å². The average Bonchev–Trinajstić information content (AvgIpc) is 3.34. The van der Waals surface area contributed by atoms with Crippen LogP contribution in [0.4, 0.5) is 5.69 Å². The average molecular weight is 610 g/mol. The van der Waals surface area contributed by atoms with Crippen LogP contribution in [0.2, 0.25) is 0 Å². The number of nitrogens with one attached hydrogen (secondary N) is 1. The summed E-state index contributed by atoms with van der Waals surface area (Å²) < 4.78 is 29.8. The van der Waals surface area contributed by atoms with Gasteiger partial charge in [0.25, 0.3) is 5.91 Å². The Bertz CT molecular complexity index is 1440. The van der Waals surface area contributed by atoms with Crippen molar-refractivity contribution in [2.24, 2.45) is 10.9 Å². The van der Waals surface area contributed by atoms with Crippen molar-refractivity contribution in [1.82, 2.24) is 15.2 Å². The topological polar surface area (TPSA) is 121 Å². The lowest BCUT2D eigenvalue weighted by molar-refractivity contribution is -0.126. The fraction of sp³-hybridized carbons (Fsp3) is 0.562. The van der Waals surface area contributed by atoms with Gasteiger partial charge in [0.15, 0.2) is 9.84 Å². The van der Waals surface area contributed by atoms with Gasteiger partial charge in [0.05, 0.1) is 10.6 Å². The quantitative estimate of drug-likeness (QED) is 0.452. The number of aliphatic imine (C=N–C) groups is 1. The molecule has 2 amide bonds. The van der Waals surface area contributed by atoms with E-state index in [9.17, 15) is 18.0 Å². The van der Waals surface area contributed by atoms with E-state index in [4.69, 9.17) is 4.74 Å². The number of fused-ring (bicyclic) bond motifs is 1. The lowest BCUT2D eigenvalue weighted by Crippen LogP contribution is -2.44. The summed E-state index contributed by atoms with van der Waals surface area (Å²) in [6, 6.07) is 8.01. The Morgan fingerprint density at radius 2 is 1.77 bits per heavy atom. The van der Waals surface area contributed by atoms with E-state index >= 15 is 0 Å². The Kier molecular flexibility index (Phi) is 9.81. The molecule has 3 heterocycles. The number of hydrogen-bond donors (Lipinski definition) is 1. The molecule has 0 bridgehead atoms. The molecule has 0 atom stereocenters. The molecule has 10 nitrogen and oxygen atoms in total. The van der Waals surface area contributed by atoms with Gasteiger partial charge in [0, 0.05) is 60.6 Å². The number of pyridine rings is 1. The number of likely N-dealkylation sites (tertiary alicyclic amines) is 1. The van der Waals surface area contributed by atoms with Gasteiger partial charge in [-0.3, -0.25) is 14.5 Å². The highest BCUT2D eigenvalue weighted by Crippen LogP contribution is 2.38. The summed E-state index contributed by atoms with van der Waals surface area (Å²) in [5.41, 5.74) is 2.24. The maximum atomic E-state index is 13.3. The first kappa shape index (κ1) is 31.1. The minimum Gasteiger partial charge on any atom is -0.476 e. The molecule has 1 aromatic heterocycles. The fourth-order valence-electron chi connectivity index (χ4n) is 6.28. The first-order valence-corrected chi connectivity index (χ1v) is 17.3. The van der Waals surface area contributed by atoms with E-state index in [1.165, 1.54) is 43.5 Å². The number of rotatable bonds is 9. The lowest BCUT2D eigenvalue weighted by Gasteiger charge is -2.36. The van der Waals surface area contributed by atoms with Crippen LogP contribution in [0.25, 0.3) is 0 Å². The molecule has 0 unspecified atom stereocenters. The molecule has 11 heteroatoms. The predicted octanol–water partition coefficient (Wildman–Crippen LogP) is 4.03. The third-order valence-electron chi connectivity index (χ3n) is 8.55. The zero-order valence-electron chi connectivity index (χ0n) is 25.4. The molecule has 1 N–H and O–H groups in total. The van der Waals surface area contributed by atoms with Crippen LogP contribution >= 0.6 is 0 Å². The molecule has 2 aromatic rings. The summed E-state index contributed by atoms with van der Waals surface area (Å²) in [5, 5.41) is 3.04. The number of carbonyl (C=O) groups is 2. The zero-order valence-corrected chi connectivity index (χ0v) is 26.2. The number of benzene rings is 1. The molecule has 3 aliphatic rings. The van der Waals surface area contributed by atoms with E-state index < -0.39 is 15.7 Å². The standard InChI is InChI=1S/C32H43N5O5S/c1-22(2)34-31(38)23-7-11-26(12-8-23)37-28-20-30(42-18-17-36-15-5-4-6-16-36)33-21-25(28)19-29(37)35-32(39)24-9-13-27(14-10-24)43(3,40)41/h9-10,13-14,20-23,26H,4-8,11-12,15-19H2,1-3H3,(H,34,38). The van der Waals surface area contributed by atoms with Crippen molar-refractivity contribution in [2.75, 3.05) is 37.4 Å². The number of amidine groups is 1. The fourth-order valence-corrected chi connectivity index (χ4v) is 6.91. The number of anilines is 1. The molecular formula is C32H43N5O5S. The summed E-state index contributed by atoms with van der Waals surface area (Å²) >= 11 is 0. The maximum absolute atomic E-state index is 13.3. The zero-order chi connectivity index (χ0) is 30.6. The number of aromatic nitrogens is 1. The number of ether oxygens (including phenoxy) is 1. The second-order valence-corrected chi connectivity index (χ2v) is 14.3. The Morgan fingerprint density at radius 1 is 1.07 bits per heavy atom. The van der Waals surface area contributed by atoms with Gasteiger partial charge in [-0.1, -0.05) is 6.42 Å². The summed E-state index contributed by atoms with van der Waals surface area (Å²) in [4.78, 5) is 39.8. The van der Waals surface area contributed by atoms with Crippen molar-refractivity contribution >= 4 is 33.2 Å². The summed E-state index contributed by atoms with van der Waals surface area (Å²) in [6.45, 7) is 7.59. The summed E-state index contributed by atoms with van der Waals surface area (Å²) in [6.07, 6.45) is 10.3. The van der Waals surface area contributed by atoms with E-state index in [0.717, 1.165) is 62.8 Å². The highest BCUT2D eigenvalue weighted by molar-refractivity contribution is 7.90. The van der Waals surface area contributed by atoms with Crippen molar-refractivity contribution in [3.8, 4) is 5.88 Å². The minimum absolute atomic E-state index is 0.0257. The second-order valence-electron chi connectivity index (χ2n) is 12.2. The van der Waals surface area contributed by atoms with Gasteiger partial charge >= 0.3 is 0 Å². The first-order valence-electron chi connectivity index (χ1n) is 15.4. The highest BCUT2D eigenvalue weighted by atomic mass is 32.2. The normalized spacial score (nSPS) is 22.0. The van der Waals surface area contributed by atoms with Gasteiger partial charge in [0.1, 0.15) is 12.4 Å². The maximum Gasteiger partial charge on any atom is 0.278 e. The van der Waals surface area contributed by atoms with E-state index in [1.807, 2.05) is 26.1 Å². The Labute approximate surface area is 254 Å². The van der Waals surface area contributed by atoms with E-state index in [0.29, 0.717) is 30.3 Å². The van der Waals surface area contributed by atoms with E-state index in [1.54, 1.807) is 0 Å². The van der Waals surface area contributed by atoms with E-state index in [2.05, 4.69) is 25.1 Å². The lowest BCUT2D eigenvalue weighted by atomic mass is 9.84. The number of nitrogens with zero attached hydrogens (tertiary/aromatic N) is 4. The number of carbonyl (C=O) groups excluding carboxylic acids is 2. The molecule has 1 aliphatic carbocycles. The van der Waals surface area contributed by atoms with Gasteiger partial charge < -0.3 is 15.0 Å². The van der Waals surface area contributed by atoms with Crippen LogP contribution in [-0.4, -0.2) is 80.5 Å². The van der Waals surface area contributed by atoms with Gasteiger partial charge in [0.2, 0.25) is 11.8 Å². The third-order valence-corrected chi connectivity index (χ3v) is 9.68. The monoisotopic (exact) mass is 609 g/mol. The van der Waals surface area contributed by atoms with Crippen molar-refractivity contribution in [1.29, 1.82) is 0 Å².